The number of halogens is 3. The number of hydrogen-bond donors (Lipinski definition) is 1. The van der Waals surface area contributed by atoms with Crippen molar-refractivity contribution in [2.45, 2.75) is 25.1 Å². The van der Waals surface area contributed by atoms with E-state index >= 15 is 0 Å². The fourth-order valence-corrected chi connectivity index (χ4v) is 3.61. The lowest BCUT2D eigenvalue weighted by atomic mass is 9.93. The molecule has 2 aromatic carbocycles. The average Bonchev–Trinajstić information content (AvgIpc) is 3.10. The maximum absolute atomic E-state index is 12.8. The van der Waals surface area contributed by atoms with Gasteiger partial charge in [-0.15, -0.1) is 0 Å². The van der Waals surface area contributed by atoms with Gasteiger partial charge in [-0.2, -0.15) is 18.9 Å². The SMILES string of the molecule is FC(F)Oc1ccccc1C1CC(c2ccc(I)cc2)Nc2ncnn21. The molecule has 0 saturated carbocycles. The van der Waals surface area contributed by atoms with Crippen LogP contribution in [-0.4, -0.2) is 21.4 Å². The molecule has 0 spiro atoms. The zero-order valence-electron chi connectivity index (χ0n) is 13.5. The molecule has 1 aromatic heterocycles. The van der Waals surface area contributed by atoms with Crippen molar-refractivity contribution in [2.24, 2.45) is 0 Å². The highest BCUT2D eigenvalue weighted by Gasteiger charge is 2.31. The van der Waals surface area contributed by atoms with Gasteiger partial charge in [0.1, 0.15) is 12.1 Å². The predicted octanol–water partition coefficient (Wildman–Crippen LogP) is 4.63. The van der Waals surface area contributed by atoms with Crippen LogP contribution in [0.25, 0.3) is 0 Å². The Kier molecular flexibility index (Phi) is 4.75. The largest absolute Gasteiger partial charge is 0.434 e. The third-order valence-corrected chi connectivity index (χ3v) is 5.12. The van der Waals surface area contributed by atoms with Crippen LogP contribution in [0.5, 0.6) is 5.75 Å². The highest BCUT2D eigenvalue weighted by atomic mass is 127. The quantitative estimate of drug-likeness (QED) is 0.568. The molecule has 26 heavy (non-hydrogen) atoms. The monoisotopic (exact) mass is 468 g/mol. The second-order valence-corrected chi connectivity index (χ2v) is 7.19. The molecule has 8 heteroatoms. The number of nitrogens with one attached hydrogen (secondary N) is 1. The van der Waals surface area contributed by atoms with Crippen LogP contribution in [0, 0.1) is 3.57 Å². The van der Waals surface area contributed by atoms with Crippen LogP contribution in [0.3, 0.4) is 0 Å². The number of alkyl halides is 2. The summed E-state index contributed by atoms with van der Waals surface area (Å²) in [6, 6.07) is 14.8. The van der Waals surface area contributed by atoms with E-state index in [1.165, 1.54) is 6.33 Å². The molecule has 0 amide bonds. The van der Waals surface area contributed by atoms with E-state index in [-0.39, 0.29) is 17.8 Å². The van der Waals surface area contributed by atoms with E-state index in [1.807, 2.05) is 18.2 Å². The van der Waals surface area contributed by atoms with E-state index in [0.717, 1.165) is 9.13 Å². The Morgan fingerprint density at radius 2 is 1.92 bits per heavy atom. The first-order valence-electron chi connectivity index (χ1n) is 8.07. The molecule has 1 N–H and O–H groups in total. The van der Waals surface area contributed by atoms with Crippen LogP contribution in [-0.2, 0) is 0 Å². The van der Waals surface area contributed by atoms with Gasteiger partial charge in [-0.3, -0.25) is 0 Å². The van der Waals surface area contributed by atoms with Crippen molar-refractivity contribution in [1.29, 1.82) is 0 Å². The molecule has 2 unspecified atom stereocenters. The molecule has 2 heterocycles. The van der Waals surface area contributed by atoms with Gasteiger partial charge in [0.2, 0.25) is 5.95 Å². The maximum Gasteiger partial charge on any atom is 0.387 e. The third kappa shape index (κ3) is 3.37. The van der Waals surface area contributed by atoms with Crippen molar-refractivity contribution in [1.82, 2.24) is 14.8 Å². The molecule has 0 aliphatic carbocycles. The number of rotatable bonds is 4. The van der Waals surface area contributed by atoms with Gasteiger partial charge in [0.25, 0.3) is 0 Å². The summed E-state index contributed by atoms with van der Waals surface area (Å²) in [4.78, 5) is 4.27. The number of hydrogen-bond acceptors (Lipinski definition) is 4. The van der Waals surface area contributed by atoms with Gasteiger partial charge < -0.3 is 10.1 Å². The lowest BCUT2D eigenvalue weighted by molar-refractivity contribution is -0.0507. The fourth-order valence-electron chi connectivity index (χ4n) is 3.25. The van der Waals surface area contributed by atoms with E-state index in [2.05, 4.69) is 50.1 Å². The van der Waals surface area contributed by atoms with E-state index in [1.54, 1.807) is 22.9 Å². The molecule has 3 aromatic rings. The highest BCUT2D eigenvalue weighted by molar-refractivity contribution is 14.1. The van der Waals surface area contributed by atoms with E-state index < -0.39 is 6.61 Å². The molecule has 134 valence electrons. The maximum atomic E-state index is 12.8. The summed E-state index contributed by atoms with van der Waals surface area (Å²) in [6.07, 6.45) is 2.10. The predicted molar refractivity (Wildman–Crippen MR) is 101 cm³/mol. The van der Waals surface area contributed by atoms with Gasteiger partial charge in [0, 0.05) is 9.13 Å². The van der Waals surface area contributed by atoms with Crippen LogP contribution in [0.1, 0.15) is 29.6 Å². The van der Waals surface area contributed by atoms with Gasteiger partial charge in [-0.25, -0.2) is 4.68 Å². The van der Waals surface area contributed by atoms with E-state index in [9.17, 15) is 8.78 Å². The van der Waals surface area contributed by atoms with Crippen LogP contribution in [0.2, 0.25) is 0 Å². The first kappa shape index (κ1) is 17.2. The summed E-state index contributed by atoms with van der Waals surface area (Å²) in [7, 11) is 0. The lowest BCUT2D eigenvalue weighted by Crippen LogP contribution is -2.28. The minimum absolute atomic E-state index is 0.00620. The van der Waals surface area contributed by atoms with Gasteiger partial charge >= 0.3 is 6.61 Å². The Morgan fingerprint density at radius 1 is 1.15 bits per heavy atom. The van der Waals surface area contributed by atoms with Crippen molar-refractivity contribution in [3.05, 3.63) is 69.6 Å². The second-order valence-electron chi connectivity index (χ2n) is 5.94. The summed E-state index contributed by atoms with van der Waals surface area (Å²) >= 11 is 2.26. The molecular weight excluding hydrogens is 453 g/mol. The number of ether oxygens (including phenoxy) is 1. The van der Waals surface area contributed by atoms with E-state index in [0.29, 0.717) is 17.9 Å². The summed E-state index contributed by atoms with van der Waals surface area (Å²) in [5, 5.41) is 7.65. The third-order valence-electron chi connectivity index (χ3n) is 4.40. The zero-order chi connectivity index (χ0) is 18.1. The number of para-hydroxylation sites is 1. The Morgan fingerprint density at radius 3 is 2.69 bits per heavy atom. The van der Waals surface area contributed by atoms with Gasteiger partial charge in [0.15, 0.2) is 0 Å². The van der Waals surface area contributed by atoms with Crippen LogP contribution in [0.4, 0.5) is 14.7 Å². The van der Waals surface area contributed by atoms with Gasteiger partial charge in [-0.1, -0.05) is 30.3 Å². The molecule has 0 radical (unpaired) electrons. The Hall–Kier alpha value is -2.23. The number of nitrogens with zero attached hydrogens (tertiary/aromatic N) is 3. The van der Waals surface area contributed by atoms with Crippen molar-refractivity contribution >= 4 is 28.5 Å². The zero-order valence-corrected chi connectivity index (χ0v) is 15.7. The van der Waals surface area contributed by atoms with Crippen LogP contribution < -0.4 is 10.1 Å². The van der Waals surface area contributed by atoms with E-state index in [4.69, 9.17) is 4.74 Å². The minimum atomic E-state index is -2.87. The minimum Gasteiger partial charge on any atom is -0.434 e. The van der Waals surface area contributed by atoms with Crippen molar-refractivity contribution in [2.75, 3.05) is 5.32 Å². The summed E-state index contributed by atoms with van der Waals surface area (Å²) in [5.74, 6) is 0.772. The normalized spacial score (nSPS) is 19.1. The Labute approximate surface area is 162 Å². The lowest BCUT2D eigenvalue weighted by Gasteiger charge is -2.32. The number of benzene rings is 2. The highest BCUT2D eigenvalue weighted by Crippen LogP contribution is 2.40. The summed E-state index contributed by atoms with van der Waals surface area (Å²) in [5.41, 5.74) is 1.77. The standard InChI is InChI=1S/C18H15F2IN4O/c19-17(20)26-16-4-2-1-3-13(16)15-9-14(11-5-7-12(21)8-6-11)24-18-22-10-23-25(15)18/h1-8,10,14-15,17H,9H2,(H,22,23,24). The van der Waals surface area contributed by atoms with Crippen molar-refractivity contribution in [3.63, 3.8) is 0 Å². The summed E-state index contributed by atoms with van der Waals surface area (Å²) < 4.78 is 33.2. The van der Waals surface area contributed by atoms with Crippen LogP contribution in [0.15, 0.2) is 54.9 Å². The first-order valence-corrected chi connectivity index (χ1v) is 9.15. The molecule has 2 atom stereocenters. The topological polar surface area (TPSA) is 52.0 Å². The molecule has 0 bridgehead atoms. The molecule has 0 fully saturated rings. The number of fused-ring (bicyclic) bond motifs is 1. The van der Waals surface area contributed by atoms with Gasteiger partial charge in [0.05, 0.1) is 12.1 Å². The number of aromatic nitrogens is 3. The molecule has 1 aliphatic heterocycles. The summed E-state index contributed by atoms with van der Waals surface area (Å²) in [6.45, 7) is -2.87. The molecule has 4 rings (SSSR count). The average molecular weight is 468 g/mol. The van der Waals surface area contributed by atoms with Crippen molar-refractivity contribution < 1.29 is 13.5 Å². The number of anilines is 1. The van der Waals surface area contributed by atoms with Crippen molar-refractivity contribution in [3.8, 4) is 5.75 Å². The fraction of sp³-hybridized carbons (Fsp3) is 0.222. The smallest absolute Gasteiger partial charge is 0.387 e. The molecule has 5 nitrogen and oxygen atoms in total. The molecular formula is C18H15F2IN4O. The Balaban J connectivity index is 1.73. The second kappa shape index (κ2) is 7.18. The molecule has 1 aliphatic rings. The van der Waals surface area contributed by atoms with Gasteiger partial charge in [-0.05, 0) is 52.8 Å². The van der Waals surface area contributed by atoms with Crippen LogP contribution >= 0.6 is 22.6 Å². The first-order chi connectivity index (χ1) is 12.6. The Bertz CT molecular complexity index is 900. The molecule has 0 saturated heterocycles.